The van der Waals surface area contributed by atoms with E-state index >= 15 is 0 Å². The van der Waals surface area contributed by atoms with Gasteiger partial charge in [-0.1, -0.05) is 0 Å². The van der Waals surface area contributed by atoms with E-state index in [-0.39, 0.29) is 37.9 Å². The molecule has 2 aliphatic carbocycles. The molecule has 1 aromatic rings. The minimum atomic E-state index is -2.69. The second kappa shape index (κ2) is 5.03. The molecule has 1 heterocycles. The predicted molar refractivity (Wildman–Crippen MR) is 78.4 cm³/mol. The minimum Gasteiger partial charge on any atom is -0.481 e. The smallest absolute Gasteiger partial charge is 0.311 e. The fourth-order valence-corrected chi connectivity index (χ4v) is 4.22. The van der Waals surface area contributed by atoms with Gasteiger partial charge in [-0.3, -0.25) is 9.59 Å². The van der Waals surface area contributed by atoms with Crippen LogP contribution in [0.2, 0.25) is 0 Å². The summed E-state index contributed by atoms with van der Waals surface area (Å²) in [5.41, 5.74) is -1.20. The van der Waals surface area contributed by atoms with Crippen molar-refractivity contribution in [3.63, 3.8) is 0 Å². The van der Waals surface area contributed by atoms with Gasteiger partial charge in [0.15, 0.2) is 0 Å². The molecule has 0 saturated heterocycles. The molecule has 0 radical (unpaired) electrons. The molecule has 0 unspecified atom stereocenters. The van der Waals surface area contributed by atoms with Gasteiger partial charge in [0.1, 0.15) is 11.8 Å². The van der Waals surface area contributed by atoms with Gasteiger partial charge in [0.05, 0.1) is 11.0 Å². The number of nitrogens with one attached hydrogen (secondary N) is 1. The summed E-state index contributed by atoms with van der Waals surface area (Å²) in [4.78, 5) is 23.8. The lowest BCUT2D eigenvalue weighted by Crippen LogP contribution is -2.63. The molecule has 1 aromatic heterocycles. The van der Waals surface area contributed by atoms with Crippen molar-refractivity contribution < 1.29 is 23.5 Å². The largest absolute Gasteiger partial charge is 0.481 e. The topological polar surface area (TPSA) is 95.1 Å². The van der Waals surface area contributed by atoms with Crippen molar-refractivity contribution in [3.8, 4) is 6.07 Å². The molecule has 128 valence electrons. The zero-order valence-electron chi connectivity index (χ0n) is 13.1. The summed E-state index contributed by atoms with van der Waals surface area (Å²) in [6, 6.07) is 3.34. The van der Waals surface area contributed by atoms with Crippen LogP contribution in [0.25, 0.3) is 0 Å². The Hall–Kier alpha value is -2.43. The molecule has 1 spiro atoms. The maximum absolute atomic E-state index is 13.1. The number of carboxylic acid groups (broad SMARTS) is 1. The van der Waals surface area contributed by atoms with Crippen molar-refractivity contribution >= 4 is 11.9 Å². The number of hydrogen-bond donors (Lipinski definition) is 2. The molecule has 2 fully saturated rings. The fourth-order valence-electron chi connectivity index (χ4n) is 4.22. The normalized spacial score (nSPS) is 22.1. The summed E-state index contributed by atoms with van der Waals surface area (Å²) in [6.07, 6.45) is 1.26. The second-order valence-corrected chi connectivity index (χ2v) is 7.17. The summed E-state index contributed by atoms with van der Waals surface area (Å²) in [5.74, 6) is -4.25. The third-order valence-electron chi connectivity index (χ3n) is 5.10. The monoisotopic (exact) mass is 337 g/mol. The van der Waals surface area contributed by atoms with Crippen LogP contribution < -0.4 is 5.32 Å². The lowest BCUT2D eigenvalue weighted by atomic mass is 9.44. The van der Waals surface area contributed by atoms with Crippen LogP contribution in [0.5, 0.6) is 0 Å². The molecule has 2 N–H and O–H groups in total. The van der Waals surface area contributed by atoms with Crippen molar-refractivity contribution in [1.29, 1.82) is 5.26 Å². The molecule has 24 heavy (non-hydrogen) atoms. The highest BCUT2D eigenvalue weighted by atomic mass is 19.3. The van der Waals surface area contributed by atoms with Gasteiger partial charge in [0, 0.05) is 32.6 Å². The minimum absolute atomic E-state index is 0.110. The first-order chi connectivity index (χ1) is 11.1. The molecule has 6 nitrogen and oxygen atoms in total. The first-order valence-electron chi connectivity index (χ1n) is 7.56. The first-order valence-corrected chi connectivity index (χ1v) is 7.56. The number of halogens is 2. The standard InChI is InChI=1S/C16H17F2N3O3/c1-21-4-10(3-19)2-11(21)12(22)20-9-15(13(23)24)5-14(6-15)7-16(17,18)8-14/h2,4H,5-9H2,1H3,(H,20,22)(H,23,24). The molecule has 2 saturated carbocycles. The number of hydrogen-bond acceptors (Lipinski definition) is 3. The van der Waals surface area contributed by atoms with Crippen LogP contribution >= 0.6 is 0 Å². The lowest BCUT2D eigenvalue weighted by molar-refractivity contribution is -0.234. The molecule has 8 heteroatoms. The van der Waals surface area contributed by atoms with Crippen molar-refractivity contribution in [2.75, 3.05) is 6.54 Å². The number of alkyl halides is 2. The van der Waals surface area contributed by atoms with Crippen LogP contribution in [0.15, 0.2) is 12.3 Å². The van der Waals surface area contributed by atoms with E-state index in [9.17, 15) is 23.5 Å². The van der Waals surface area contributed by atoms with Crippen LogP contribution in [-0.4, -0.2) is 34.0 Å². The van der Waals surface area contributed by atoms with E-state index in [1.807, 2.05) is 6.07 Å². The Bertz CT molecular complexity index is 747. The van der Waals surface area contributed by atoms with E-state index in [2.05, 4.69) is 5.32 Å². The molecule has 0 bridgehead atoms. The van der Waals surface area contributed by atoms with Gasteiger partial charge < -0.3 is 15.0 Å². The Morgan fingerprint density at radius 3 is 2.46 bits per heavy atom. The second-order valence-electron chi connectivity index (χ2n) is 7.17. The Morgan fingerprint density at radius 1 is 1.38 bits per heavy atom. The van der Waals surface area contributed by atoms with E-state index in [0.717, 1.165) is 0 Å². The first kappa shape index (κ1) is 16.4. The van der Waals surface area contributed by atoms with Gasteiger partial charge in [0.25, 0.3) is 5.91 Å². The van der Waals surface area contributed by atoms with E-state index in [4.69, 9.17) is 5.26 Å². The number of carboxylic acids is 1. The molecule has 0 aliphatic heterocycles. The fraction of sp³-hybridized carbons (Fsp3) is 0.562. The third kappa shape index (κ3) is 2.54. The number of rotatable bonds is 4. The number of carbonyl (C=O) groups is 2. The maximum Gasteiger partial charge on any atom is 0.311 e. The molecule has 3 rings (SSSR count). The molecular formula is C16H17F2N3O3. The van der Waals surface area contributed by atoms with Gasteiger partial charge in [-0.2, -0.15) is 5.26 Å². The van der Waals surface area contributed by atoms with Crippen molar-refractivity contribution in [3.05, 3.63) is 23.5 Å². The van der Waals surface area contributed by atoms with E-state index in [1.165, 1.54) is 16.8 Å². The SMILES string of the molecule is Cn1cc(C#N)cc1C(=O)NCC1(C(=O)O)CC2(CC(F)(F)C2)C1. The maximum atomic E-state index is 13.1. The number of amides is 1. The Balaban J connectivity index is 1.64. The van der Waals surface area contributed by atoms with Crippen molar-refractivity contribution in [1.82, 2.24) is 9.88 Å². The van der Waals surface area contributed by atoms with Gasteiger partial charge in [-0.15, -0.1) is 0 Å². The molecular weight excluding hydrogens is 320 g/mol. The molecule has 0 aromatic carbocycles. The highest BCUT2D eigenvalue weighted by Gasteiger charge is 2.68. The highest BCUT2D eigenvalue weighted by molar-refractivity contribution is 5.93. The summed E-state index contributed by atoms with van der Waals surface area (Å²) in [5, 5.41) is 20.9. The number of nitrogens with zero attached hydrogens (tertiary/aromatic N) is 2. The third-order valence-corrected chi connectivity index (χ3v) is 5.10. The summed E-state index contributed by atoms with van der Waals surface area (Å²) < 4.78 is 27.6. The van der Waals surface area contributed by atoms with Crippen molar-refractivity contribution in [2.24, 2.45) is 17.9 Å². The summed E-state index contributed by atoms with van der Waals surface area (Å²) >= 11 is 0. The predicted octanol–water partition coefficient (Wildman–Crippen LogP) is 1.91. The highest BCUT2D eigenvalue weighted by Crippen LogP contribution is 2.68. The number of aromatic nitrogens is 1. The van der Waals surface area contributed by atoms with Gasteiger partial charge >= 0.3 is 5.97 Å². The number of nitriles is 1. The van der Waals surface area contributed by atoms with Crippen LogP contribution in [0.3, 0.4) is 0 Å². The van der Waals surface area contributed by atoms with Crippen LogP contribution in [-0.2, 0) is 11.8 Å². The van der Waals surface area contributed by atoms with E-state index in [1.54, 1.807) is 7.05 Å². The van der Waals surface area contributed by atoms with Crippen LogP contribution in [0, 0.1) is 22.2 Å². The van der Waals surface area contributed by atoms with Gasteiger partial charge in [0.2, 0.25) is 5.92 Å². The zero-order valence-corrected chi connectivity index (χ0v) is 13.1. The van der Waals surface area contributed by atoms with Crippen LogP contribution in [0.4, 0.5) is 8.78 Å². The van der Waals surface area contributed by atoms with Crippen molar-refractivity contribution in [2.45, 2.75) is 31.6 Å². The number of aliphatic carboxylic acids is 1. The summed E-state index contributed by atoms with van der Waals surface area (Å²) in [7, 11) is 1.61. The Kier molecular flexibility index (Phi) is 3.44. The average molecular weight is 337 g/mol. The quantitative estimate of drug-likeness (QED) is 0.877. The zero-order chi connectivity index (χ0) is 17.8. The number of carbonyl (C=O) groups excluding carboxylic acids is 1. The summed E-state index contributed by atoms with van der Waals surface area (Å²) in [6.45, 7) is -0.110. The van der Waals surface area contributed by atoms with E-state index in [0.29, 0.717) is 5.56 Å². The number of aryl methyl sites for hydroxylation is 1. The molecule has 0 atom stereocenters. The van der Waals surface area contributed by atoms with Gasteiger partial charge in [-0.05, 0) is 24.3 Å². The molecule has 2 aliphatic rings. The van der Waals surface area contributed by atoms with Crippen LogP contribution in [0.1, 0.15) is 41.7 Å². The average Bonchev–Trinajstić information content (AvgIpc) is 2.80. The Labute approximate surface area is 137 Å². The lowest BCUT2D eigenvalue weighted by Gasteiger charge is -2.61. The van der Waals surface area contributed by atoms with Gasteiger partial charge in [-0.25, -0.2) is 8.78 Å². The van der Waals surface area contributed by atoms with E-state index < -0.39 is 28.6 Å². The Morgan fingerprint density at radius 2 is 2.00 bits per heavy atom. The molecule has 1 amide bonds.